The number of aliphatic hydroxyl groups is 1. The summed E-state index contributed by atoms with van der Waals surface area (Å²) in [4.78, 5) is 28.3. The Morgan fingerprint density at radius 2 is 1.72 bits per heavy atom. The zero-order valence-electron chi connectivity index (χ0n) is 18.3. The Bertz CT molecular complexity index is 1190. The lowest BCUT2D eigenvalue weighted by atomic mass is 9.88. The van der Waals surface area contributed by atoms with Crippen molar-refractivity contribution in [2.45, 2.75) is 25.5 Å². The first-order valence-corrected chi connectivity index (χ1v) is 10.3. The number of amides is 1. The minimum atomic E-state index is -1.96. The summed E-state index contributed by atoms with van der Waals surface area (Å²) < 4.78 is 10.5. The molecule has 1 aliphatic heterocycles. The Morgan fingerprint density at radius 1 is 1.00 bits per heavy atom. The second-order valence-electron chi connectivity index (χ2n) is 7.86. The van der Waals surface area contributed by atoms with Gasteiger partial charge in [-0.2, -0.15) is 0 Å². The molecule has 0 unspecified atom stereocenters. The summed E-state index contributed by atoms with van der Waals surface area (Å²) in [5, 5.41) is 11.5. The summed E-state index contributed by atoms with van der Waals surface area (Å²) in [6, 6.07) is 19.7. The Balaban J connectivity index is 1.69. The van der Waals surface area contributed by atoms with Crippen molar-refractivity contribution in [1.82, 2.24) is 0 Å². The maximum atomic E-state index is 13.5. The molecule has 1 atom stereocenters. The van der Waals surface area contributed by atoms with Crippen LogP contribution in [0.5, 0.6) is 11.5 Å². The van der Waals surface area contributed by atoms with Crippen molar-refractivity contribution < 1.29 is 24.2 Å². The van der Waals surface area contributed by atoms with Gasteiger partial charge in [-0.05, 0) is 36.2 Å². The topological polar surface area (TPSA) is 76.1 Å². The van der Waals surface area contributed by atoms with Crippen molar-refractivity contribution in [2.75, 3.05) is 19.1 Å². The van der Waals surface area contributed by atoms with Gasteiger partial charge < -0.3 is 19.5 Å². The van der Waals surface area contributed by atoms with Crippen molar-refractivity contribution in [3.05, 3.63) is 89.0 Å². The van der Waals surface area contributed by atoms with Gasteiger partial charge in [0.25, 0.3) is 5.91 Å². The van der Waals surface area contributed by atoms with Gasteiger partial charge in [0.15, 0.2) is 11.4 Å². The second-order valence-corrected chi connectivity index (χ2v) is 7.86. The molecule has 0 fully saturated rings. The van der Waals surface area contributed by atoms with Crippen molar-refractivity contribution in [1.29, 1.82) is 0 Å². The number of benzene rings is 3. The van der Waals surface area contributed by atoms with E-state index in [0.717, 1.165) is 11.1 Å². The van der Waals surface area contributed by atoms with E-state index >= 15 is 0 Å². The summed E-state index contributed by atoms with van der Waals surface area (Å²) in [6.07, 6.45) is -0.393. The fourth-order valence-electron chi connectivity index (χ4n) is 4.15. The van der Waals surface area contributed by atoms with Crippen LogP contribution in [0, 0.1) is 6.92 Å². The van der Waals surface area contributed by atoms with Gasteiger partial charge in [0.05, 0.1) is 38.4 Å². The molecule has 0 spiro atoms. The molecule has 164 valence electrons. The highest BCUT2D eigenvalue weighted by atomic mass is 16.5. The van der Waals surface area contributed by atoms with Crippen LogP contribution in [0.15, 0.2) is 66.7 Å². The van der Waals surface area contributed by atoms with Gasteiger partial charge >= 0.3 is 0 Å². The molecule has 6 nitrogen and oxygen atoms in total. The maximum absolute atomic E-state index is 13.5. The van der Waals surface area contributed by atoms with Gasteiger partial charge in [-0.1, -0.05) is 42.5 Å². The van der Waals surface area contributed by atoms with Crippen LogP contribution in [-0.2, 0) is 16.9 Å². The van der Waals surface area contributed by atoms with Crippen molar-refractivity contribution in [2.24, 2.45) is 0 Å². The fourth-order valence-corrected chi connectivity index (χ4v) is 4.15. The van der Waals surface area contributed by atoms with E-state index in [-0.39, 0.29) is 5.56 Å². The quantitative estimate of drug-likeness (QED) is 0.572. The van der Waals surface area contributed by atoms with E-state index in [9.17, 15) is 14.7 Å². The standard InChI is InChI=1S/C26H25NO5/c1-17-8-4-5-9-18(17)16-27-22-11-7-6-10-21(22)26(30,25(27)29)15-23(28)20-13-12-19(31-2)14-24(20)32-3/h4-14,30H,15-16H2,1-3H3/t26-/m0/s1. The number of Topliss-reactive ketones (excluding diaryl/α,β-unsaturated/α-hetero) is 1. The highest BCUT2D eigenvalue weighted by Crippen LogP contribution is 2.44. The molecule has 0 saturated carbocycles. The van der Waals surface area contributed by atoms with Crippen molar-refractivity contribution >= 4 is 17.4 Å². The number of methoxy groups -OCH3 is 2. The minimum Gasteiger partial charge on any atom is -0.497 e. The monoisotopic (exact) mass is 431 g/mol. The lowest BCUT2D eigenvalue weighted by Crippen LogP contribution is -2.41. The number of ether oxygens (including phenoxy) is 2. The second kappa shape index (κ2) is 8.48. The molecule has 0 radical (unpaired) electrons. The van der Waals surface area contributed by atoms with Crippen LogP contribution in [0.1, 0.15) is 33.5 Å². The van der Waals surface area contributed by atoms with Gasteiger partial charge in [-0.15, -0.1) is 0 Å². The molecular weight excluding hydrogens is 406 g/mol. The molecule has 4 rings (SSSR count). The number of carbonyl (C=O) groups excluding carboxylic acids is 2. The molecule has 1 amide bonds. The molecule has 0 bridgehead atoms. The number of para-hydroxylation sites is 1. The fraction of sp³-hybridized carbons (Fsp3) is 0.231. The van der Waals surface area contributed by atoms with Crippen LogP contribution in [0.4, 0.5) is 5.69 Å². The van der Waals surface area contributed by atoms with Gasteiger partial charge in [0.2, 0.25) is 0 Å². The molecule has 3 aromatic carbocycles. The molecule has 0 aliphatic carbocycles. The van der Waals surface area contributed by atoms with Gasteiger partial charge in [0.1, 0.15) is 11.5 Å². The van der Waals surface area contributed by atoms with Crippen molar-refractivity contribution in [3.8, 4) is 11.5 Å². The van der Waals surface area contributed by atoms with Crippen LogP contribution in [-0.4, -0.2) is 31.0 Å². The van der Waals surface area contributed by atoms with E-state index in [2.05, 4.69) is 0 Å². The summed E-state index contributed by atoms with van der Waals surface area (Å²) in [7, 11) is 2.98. The first-order chi connectivity index (χ1) is 15.4. The van der Waals surface area contributed by atoms with E-state index < -0.39 is 23.7 Å². The molecule has 6 heteroatoms. The van der Waals surface area contributed by atoms with E-state index in [1.54, 1.807) is 41.3 Å². The Labute approximate surface area is 187 Å². The number of ketones is 1. The third kappa shape index (κ3) is 3.63. The van der Waals surface area contributed by atoms with Crippen LogP contribution >= 0.6 is 0 Å². The molecule has 1 N–H and O–H groups in total. The zero-order valence-corrected chi connectivity index (χ0v) is 18.3. The molecule has 0 saturated heterocycles. The number of nitrogens with zero attached hydrogens (tertiary/aromatic N) is 1. The highest BCUT2D eigenvalue weighted by molar-refractivity contribution is 6.11. The number of hydrogen-bond donors (Lipinski definition) is 1. The average Bonchev–Trinajstić information content (AvgIpc) is 3.01. The number of hydrogen-bond acceptors (Lipinski definition) is 5. The van der Waals surface area contributed by atoms with E-state index in [0.29, 0.717) is 29.3 Å². The van der Waals surface area contributed by atoms with Gasteiger partial charge in [-0.3, -0.25) is 9.59 Å². The van der Waals surface area contributed by atoms with Crippen LogP contribution in [0.25, 0.3) is 0 Å². The molecular formula is C26H25NO5. The average molecular weight is 431 g/mol. The summed E-state index contributed by atoms with van der Waals surface area (Å²) in [5.74, 6) is -0.0343. The number of fused-ring (bicyclic) bond motifs is 1. The molecule has 1 heterocycles. The first-order valence-electron chi connectivity index (χ1n) is 10.3. The van der Waals surface area contributed by atoms with Crippen molar-refractivity contribution in [3.63, 3.8) is 0 Å². The normalized spacial score (nSPS) is 17.2. The summed E-state index contributed by atoms with van der Waals surface area (Å²) >= 11 is 0. The van der Waals surface area contributed by atoms with Crippen LogP contribution in [0.2, 0.25) is 0 Å². The van der Waals surface area contributed by atoms with Gasteiger partial charge in [0, 0.05) is 11.6 Å². The van der Waals surface area contributed by atoms with E-state index in [4.69, 9.17) is 9.47 Å². The molecule has 32 heavy (non-hydrogen) atoms. The maximum Gasteiger partial charge on any atom is 0.264 e. The molecule has 0 aromatic heterocycles. The number of anilines is 1. The van der Waals surface area contributed by atoms with Gasteiger partial charge in [-0.25, -0.2) is 0 Å². The number of rotatable bonds is 7. The number of carbonyl (C=O) groups is 2. The van der Waals surface area contributed by atoms with E-state index in [1.807, 2.05) is 37.3 Å². The lowest BCUT2D eigenvalue weighted by molar-refractivity contribution is -0.136. The highest BCUT2D eigenvalue weighted by Gasteiger charge is 2.51. The minimum absolute atomic E-state index is 0.282. The SMILES string of the molecule is COc1ccc(C(=O)C[C@@]2(O)C(=O)N(Cc3ccccc3C)c3ccccc32)c(OC)c1. The predicted octanol–water partition coefficient (Wildman–Crippen LogP) is 4.02. The smallest absolute Gasteiger partial charge is 0.264 e. The molecule has 3 aromatic rings. The predicted molar refractivity (Wildman–Crippen MR) is 121 cm³/mol. The lowest BCUT2D eigenvalue weighted by Gasteiger charge is -2.23. The molecule has 1 aliphatic rings. The first kappa shape index (κ1) is 21.6. The Morgan fingerprint density at radius 3 is 2.44 bits per heavy atom. The number of aryl methyl sites for hydroxylation is 1. The van der Waals surface area contributed by atoms with Crippen LogP contribution < -0.4 is 14.4 Å². The Kier molecular flexibility index (Phi) is 5.72. The Hall–Kier alpha value is -3.64. The summed E-state index contributed by atoms with van der Waals surface area (Å²) in [6.45, 7) is 2.29. The largest absolute Gasteiger partial charge is 0.497 e. The van der Waals surface area contributed by atoms with Crippen LogP contribution in [0.3, 0.4) is 0 Å². The third-order valence-corrected chi connectivity index (χ3v) is 5.95. The summed E-state index contributed by atoms with van der Waals surface area (Å²) in [5.41, 5.74) is 1.39. The third-order valence-electron chi connectivity index (χ3n) is 5.95. The van der Waals surface area contributed by atoms with E-state index in [1.165, 1.54) is 14.2 Å². The zero-order chi connectivity index (χ0) is 22.9.